The average Bonchev–Trinajstić information content (AvgIpc) is 2.72. The number of aliphatic imine (C=N–C) groups is 1. The van der Waals surface area contributed by atoms with Crippen LogP contribution in [0.1, 0.15) is 18.1 Å². The second-order valence-electron chi connectivity index (χ2n) is 7.47. The van der Waals surface area contributed by atoms with Crippen molar-refractivity contribution in [2.24, 2.45) is 4.99 Å². The van der Waals surface area contributed by atoms with Crippen molar-refractivity contribution in [1.82, 2.24) is 20.1 Å². The van der Waals surface area contributed by atoms with E-state index in [1.165, 1.54) is 0 Å². The SMILES string of the molecule is CCNC(=NCc1ccc(N2CCN(C)CC2)nc1)N(C)Cc1cccc(Cl)c1. The summed E-state index contributed by atoms with van der Waals surface area (Å²) in [5, 5.41) is 4.12. The van der Waals surface area contributed by atoms with Crippen LogP contribution in [0.2, 0.25) is 5.02 Å². The molecule has 0 radical (unpaired) electrons. The summed E-state index contributed by atoms with van der Waals surface area (Å²) in [6.07, 6.45) is 1.94. The lowest BCUT2D eigenvalue weighted by Crippen LogP contribution is -2.44. The van der Waals surface area contributed by atoms with Crippen molar-refractivity contribution >= 4 is 23.4 Å². The Morgan fingerprint density at radius 1 is 1.17 bits per heavy atom. The minimum Gasteiger partial charge on any atom is -0.357 e. The van der Waals surface area contributed by atoms with Gasteiger partial charge in [0.1, 0.15) is 5.82 Å². The smallest absolute Gasteiger partial charge is 0.194 e. The summed E-state index contributed by atoms with van der Waals surface area (Å²) in [5.41, 5.74) is 2.26. The zero-order chi connectivity index (χ0) is 20.6. The maximum absolute atomic E-state index is 6.11. The third-order valence-corrected chi connectivity index (χ3v) is 5.29. The number of pyridine rings is 1. The summed E-state index contributed by atoms with van der Waals surface area (Å²) in [6.45, 7) is 8.46. The van der Waals surface area contributed by atoms with E-state index in [1.54, 1.807) is 0 Å². The highest BCUT2D eigenvalue weighted by atomic mass is 35.5. The lowest BCUT2D eigenvalue weighted by molar-refractivity contribution is 0.312. The van der Waals surface area contributed by atoms with Crippen LogP contribution in [0.4, 0.5) is 5.82 Å². The van der Waals surface area contributed by atoms with Gasteiger partial charge >= 0.3 is 0 Å². The molecule has 1 aromatic carbocycles. The van der Waals surface area contributed by atoms with Crippen LogP contribution in [0, 0.1) is 0 Å². The molecule has 2 aromatic rings. The Balaban J connectivity index is 1.61. The fourth-order valence-corrected chi connectivity index (χ4v) is 3.57. The van der Waals surface area contributed by atoms with Gasteiger partial charge in [-0.1, -0.05) is 29.8 Å². The highest BCUT2D eigenvalue weighted by molar-refractivity contribution is 6.30. The van der Waals surface area contributed by atoms with Gasteiger partial charge in [-0.25, -0.2) is 9.98 Å². The largest absolute Gasteiger partial charge is 0.357 e. The third kappa shape index (κ3) is 6.34. The number of nitrogens with zero attached hydrogens (tertiary/aromatic N) is 5. The van der Waals surface area contributed by atoms with Crippen molar-refractivity contribution in [2.45, 2.75) is 20.0 Å². The standard InChI is InChI=1S/C22H31ClN6/c1-4-24-22(28(3)17-18-6-5-7-20(23)14-18)26-16-19-8-9-21(25-15-19)29-12-10-27(2)11-13-29/h5-9,14-15H,4,10-13,16-17H2,1-3H3,(H,24,26). The van der Waals surface area contributed by atoms with Crippen LogP contribution in [0.25, 0.3) is 0 Å². The third-order valence-electron chi connectivity index (χ3n) is 5.05. The summed E-state index contributed by atoms with van der Waals surface area (Å²) >= 11 is 6.11. The number of halogens is 1. The number of hydrogen-bond acceptors (Lipinski definition) is 4. The molecule has 0 unspecified atom stereocenters. The number of anilines is 1. The molecule has 7 heteroatoms. The van der Waals surface area contributed by atoms with Crippen LogP contribution in [0.15, 0.2) is 47.6 Å². The van der Waals surface area contributed by atoms with E-state index >= 15 is 0 Å². The number of hydrogen-bond donors (Lipinski definition) is 1. The first-order chi connectivity index (χ1) is 14.0. The second kappa shape index (κ2) is 10.5. The molecule has 1 N–H and O–H groups in total. The summed E-state index contributed by atoms with van der Waals surface area (Å²) in [6, 6.07) is 12.2. The van der Waals surface area contributed by atoms with Gasteiger partial charge in [0.2, 0.25) is 0 Å². The maximum Gasteiger partial charge on any atom is 0.194 e. The molecule has 1 fully saturated rings. The predicted octanol–water partition coefficient (Wildman–Crippen LogP) is 3.08. The van der Waals surface area contributed by atoms with Crippen molar-refractivity contribution < 1.29 is 0 Å². The first-order valence-electron chi connectivity index (χ1n) is 10.2. The Labute approximate surface area is 179 Å². The topological polar surface area (TPSA) is 47.0 Å². The summed E-state index contributed by atoms with van der Waals surface area (Å²) < 4.78 is 0. The van der Waals surface area contributed by atoms with E-state index < -0.39 is 0 Å². The zero-order valence-electron chi connectivity index (χ0n) is 17.6. The van der Waals surface area contributed by atoms with E-state index in [0.717, 1.165) is 67.2 Å². The summed E-state index contributed by atoms with van der Waals surface area (Å²) in [5.74, 6) is 1.92. The number of likely N-dealkylation sites (N-methyl/N-ethyl adjacent to an activating group) is 1. The molecular weight excluding hydrogens is 384 g/mol. The van der Waals surface area contributed by atoms with E-state index in [9.17, 15) is 0 Å². The van der Waals surface area contributed by atoms with E-state index in [1.807, 2.05) is 31.4 Å². The van der Waals surface area contributed by atoms with Gasteiger partial charge in [-0.3, -0.25) is 0 Å². The van der Waals surface area contributed by atoms with Crippen LogP contribution in [-0.4, -0.2) is 67.6 Å². The van der Waals surface area contributed by atoms with Crippen molar-refractivity contribution in [3.05, 3.63) is 58.7 Å². The highest BCUT2D eigenvalue weighted by Crippen LogP contribution is 2.15. The first-order valence-corrected chi connectivity index (χ1v) is 10.5. The van der Waals surface area contributed by atoms with E-state index in [0.29, 0.717) is 6.54 Å². The molecule has 0 amide bonds. The lowest BCUT2D eigenvalue weighted by atomic mass is 10.2. The number of nitrogens with one attached hydrogen (secondary N) is 1. The van der Waals surface area contributed by atoms with E-state index in [2.05, 4.69) is 57.2 Å². The number of guanidine groups is 1. The van der Waals surface area contributed by atoms with Crippen molar-refractivity contribution in [2.75, 3.05) is 51.7 Å². The number of benzene rings is 1. The molecule has 0 bridgehead atoms. The number of aromatic nitrogens is 1. The Morgan fingerprint density at radius 2 is 1.97 bits per heavy atom. The van der Waals surface area contributed by atoms with Crippen LogP contribution in [0.3, 0.4) is 0 Å². The van der Waals surface area contributed by atoms with Gasteiger partial charge < -0.3 is 20.0 Å². The molecule has 1 aromatic heterocycles. The first kappa shape index (κ1) is 21.4. The maximum atomic E-state index is 6.11. The molecule has 1 aliphatic rings. The van der Waals surface area contributed by atoms with Gasteiger partial charge in [-0.2, -0.15) is 0 Å². The van der Waals surface area contributed by atoms with Gasteiger partial charge in [0.05, 0.1) is 6.54 Å². The van der Waals surface area contributed by atoms with Crippen LogP contribution in [-0.2, 0) is 13.1 Å². The van der Waals surface area contributed by atoms with Crippen LogP contribution in [0.5, 0.6) is 0 Å². The molecular formula is C22H31ClN6. The Hall–Kier alpha value is -2.31. The summed E-state index contributed by atoms with van der Waals surface area (Å²) in [4.78, 5) is 16.3. The monoisotopic (exact) mass is 414 g/mol. The highest BCUT2D eigenvalue weighted by Gasteiger charge is 2.15. The Bertz CT molecular complexity index is 799. The molecule has 1 aliphatic heterocycles. The van der Waals surface area contributed by atoms with Crippen molar-refractivity contribution in [3.63, 3.8) is 0 Å². The van der Waals surface area contributed by atoms with Gasteiger partial charge in [-0.15, -0.1) is 0 Å². The predicted molar refractivity (Wildman–Crippen MR) is 122 cm³/mol. The van der Waals surface area contributed by atoms with Gasteiger partial charge in [0, 0.05) is 57.5 Å². The van der Waals surface area contributed by atoms with E-state index in [4.69, 9.17) is 16.6 Å². The van der Waals surface area contributed by atoms with Gasteiger partial charge in [0.15, 0.2) is 5.96 Å². The van der Waals surface area contributed by atoms with Crippen LogP contribution < -0.4 is 10.2 Å². The molecule has 29 heavy (non-hydrogen) atoms. The lowest BCUT2D eigenvalue weighted by Gasteiger charge is -2.33. The molecule has 0 spiro atoms. The minimum absolute atomic E-state index is 0.595. The Morgan fingerprint density at radius 3 is 2.62 bits per heavy atom. The normalized spacial score (nSPS) is 15.4. The van der Waals surface area contributed by atoms with Gasteiger partial charge in [0.25, 0.3) is 0 Å². The average molecular weight is 415 g/mol. The van der Waals surface area contributed by atoms with Crippen molar-refractivity contribution in [1.29, 1.82) is 0 Å². The van der Waals surface area contributed by atoms with Gasteiger partial charge in [-0.05, 0) is 43.3 Å². The van der Waals surface area contributed by atoms with Crippen molar-refractivity contribution in [3.8, 4) is 0 Å². The molecule has 2 heterocycles. The molecule has 0 atom stereocenters. The Kier molecular flexibility index (Phi) is 7.72. The molecule has 0 saturated carbocycles. The zero-order valence-corrected chi connectivity index (χ0v) is 18.4. The fraction of sp³-hybridized carbons (Fsp3) is 0.455. The molecule has 156 valence electrons. The molecule has 1 saturated heterocycles. The quantitative estimate of drug-likeness (QED) is 0.581. The molecule has 6 nitrogen and oxygen atoms in total. The second-order valence-corrected chi connectivity index (χ2v) is 7.91. The number of rotatable bonds is 6. The minimum atomic E-state index is 0.595. The van der Waals surface area contributed by atoms with Crippen LogP contribution >= 0.6 is 11.6 Å². The molecule has 0 aliphatic carbocycles. The number of piperazine rings is 1. The summed E-state index contributed by atoms with van der Waals surface area (Å²) in [7, 11) is 4.20. The fourth-order valence-electron chi connectivity index (χ4n) is 3.35. The van der Waals surface area contributed by atoms with E-state index in [-0.39, 0.29) is 0 Å². The molecule has 3 rings (SSSR count).